The minimum absolute atomic E-state index is 0.00719. The number of para-hydroxylation sites is 1. The van der Waals surface area contributed by atoms with Crippen LogP contribution in [-0.4, -0.2) is 46.7 Å². The minimum atomic E-state index is -2.50. The van der Waals surface area contributed by atoms with E-state index in [-0.39, 0.29) is 24.3 Å². The third-order valence-corrected chi connectivity index (χ3v) is 6.13. The highest BCUT2D eigenvalue weighted by Crippen LogP contribution is 2.52. The molecule has 148 valence electrons. The Labute approximate surface area is 161 Å². The molecule has 8 heteroatoms. The molecule has 0 aliphatic carbocycles. The van der Waals surface area contributed by atoms with E-state index in [1.54, 1.807) is 28.8 Å². The van der Waals surface area contributed by atoms with Gasteiger partial charge in [0.25, 0.3) is 11.6 Å². The van der Waals surface area contributed by atoms with Gasteiger partial charge in [-0.3, -0.25) is 19.0 Å². The van der Waals surface area contributed by atoms with Crippen molar-refractivity contribution in [3.05, 3.63) is 35.5 Å². The van der Waals surface area contributed by atoms with Crippen molar-refractivity contribution < 1.29 is 29.1 Å². The average molecular weight is 386 g/mol. The predicted molar refractivity (Wildman–Crippen MR) is 98.2 cm³/mol. The molecule has 0 unspecified atom stereocenters. The fourth-order valence-corrected chi connectivity index (χ4v) is 4.78. The molecular formula is C20H22N2O6. The Balaban J connectivity index is 2.23. The minimum Gasteiger partial charge on any atom is -0.465 e. The van der Waals surface area contributed by atoms with Crippen molar-refractivity contribution in [1.29, 1.82) is 0 Å². The summed E-state index contributed by atoms with van der Waals surface area (Å²) in [6, 6.07) is 7.03. The molecule has 2 aliphatic rings. The number of aliphatic hydroxyl groups is 1. The molecule has 0 radical (unpaired) electrons. The zero-order valence-corrected chi connectivity index (χ0v) is 16.0. The Morgan fingerprint density at radius 3 is 2.57 bits per heavy atom. The van der Waals surface area contributed by atoms with Crippen LogP contribution in [0, 0.1) is 0 Å². The van der Waals surface area contributed by atoms with Gasteiger partial charge in [0.15, 0.2) is 0 Å². The van der Waals surface area contributed by atoms with Crippen molar-refractivity contribution in [3.63, 3.8) is 0 Å². The van der Waals surface area contributed by atoms with Gasteiger partial charge >= 0.3 is 5.97 Å². The average Bonchev–Trinajstić information content (AvgIpc) is 3.03. The molecule has 1 aromatic carbocycles. The van der Waals surface area contributed by atoms with Gasteiger partial charge < -0.3 is 9.84 Å². The number of carbonyl (C=O) groups excluding carboxylic acids is 3. The fourth-order valence-electron chi connectivity index (χ4n) is 4.78. The highest BCUT2D eigenvalue weighted by atomic mass is 16.7. The molecule has 28 heavy (non-hydrogen) atoms. The Hall–Kier alpha value is -2.71. The highest BCUT2D eigenvalue weighted by molar-refractivity contribution is 6.02. The summed E-state index contributed by atoms with van der Waals surface area (Å²) in [5.74, 6) is -1.72. The predicted octanol–water partition coefficient (Wildman–Crippen LogP) is 1.83. The Kier molecular flexibility index (Phi) is 4.09. The SMILES string of the molecule is CC[C@]12CCC(=O)n3c1c(c1ccccc13)[C@](O)(C(=O)OC)N(OC)C(=O)C2. The fraction of sp³-hybridized carbons (Fsp3) is 0.450. The Bertz CT molecular complexity index is 1010. The van der Waals surface area contributed by atoms with Crippen LogP contribution in [0.1, 0.15) is 48.7 Å². The number of benzene rings is 1. The van der Waals surface area contributed by atoms with Crippen molar-refractivity contribution in [1.82, 2.24) is 9.63 Å². The monoisotopic (exact) mass is 386 g/mol. The summed E-state index contributed by atoms with van der Waals surface area (Å²) in [5, 5.41) is 12.8. The van der Waals surface area contributed by atoms with Gasteiger partial charge in [0, 0.05) is 34.9 Å². The molecule has 3 heterocycles. The second-order valence-electron chi connectivity index (χ2n) is 7.32. The maximum Gasteiger partial charge on any atom is 0.367 e. The van der Waals surface area contributed by atoms with Crippen molar-refractivity contribution >= 4 is 28.7 Å². The number of fused-ring (bicyclic) bond motifs is 3. The summed E-state index contributed by atoms with van der Waals surface area (Å²) < 4.78 is 6.42. The summed E-state index contributed by atoms with van der Waals surface area (Å²) in [5.41, 5.74) is -1.95. The molecule has 8 nitrogen and oxygen atoms in total. The summed E-state index contributed by atoms with van der Waals surface area (Å²) in [7, 11) is 2.35. The van der Waals surface area contributed by atoms with Crippen LogP contribution in [0.5, 0.6) is 0 Å². The molecule has 0 saturated heterocycles. The van der Waals surface area contributed by atoms with Gasteiger partial charge in [-0.25, -0.2) is 4.79 Å². The largest absolute Gasteiger partial charge is 0.465 e. The van der Waals surface area contributed by atoms with E-state index in [2.05, 4.69) is 0 Å². The molecule has 2 aromatic rings. The number of hydroxylamine groups is 2. The zero-order valence-electron chi connectivity index (χ0n) is 16.0. The number of hydrogen-bond donors (Lipinski definition) is 1. The molecule has 4 rings (SSSR count). The number of methoxy groups -OCH3 is 1. The van der Waals surface area contributed by atoms with E-state index in [1.165, 1.54) is 7.11 Å². The molecule has 2 atom stereocenters. The van der Waals surface area contributed by atoms with Crippen LogP contribution in [-0.2, 0) is 30.3 Å². The first-order valence-corrected chi connectivity index (χ1v) is 9.21. The number of nitrogens with zero attached hydrogens (tertiary/aromatic N) is 2. The van der Waals surface area contributed by atoms with Crippen LogP contribution in [0.4, 0.5) is 0 Å². The lowest BCUT2D eigenvalue weighted by Crippen LogP contribution is -2.54. The third-order valence-electron chi connectivity index (χ3n) is 6.13. The number of ether oxygens (including phenoxy) is 1. The highest BCUT2D eigenvalue weighted by Gasteiger charge is 2.59. The number of rotatable bonds is 3. The van der Waals surface area contributed by atoms with Crippen LogP contribution in [0.3, 0.4) is 0 Å². The van der Waals surface area contributed by atoms with Gasteiger partial charge in [0.2, 0.25) is 5.91 Å². The van der Waals surface area contributed by atoms with Crippen molar-refractivity contribution in [2.24, 2.45) is 0 Å². The number of aromatic nitrogens is 1. The molecule has 0 bridgehead atoms. The normalized spacial score (nSPS) is 26.9. The van der Waals surface area contributed by atoms with Crippen molar-refractivity contribution in [2.45, 2.75) is 43.7 Å². The summed E-state index contributed by atoms with van der Waals surface area (Å²) in [6.07, 6.45) is 1.29. The lowest BCUT2D eigenvalue weighted by atomic mass is 9.71. The maximum atomic E-state index is 13.1. The smallest absolute Gasteiger partial charge is 0.367 e. The first-order valence-electron chi connectivity index (χ1n) is 9.21. The van der Waals surface area contributed by atoms with E-state index < -0.39 is 23.0 Å². The molecule has 0 spiro atoms. The number of hydrogen-bond acceptors (Lipinski definition) is 6. The second kappa shape index (κ2) is 6.15. The van der Waals surface area contributed by atoms with Crippen LogP contribution in [0.15, 0.2) is 24.3 Å². The van der Waals surface area contributed by atoms with Crippen LogP contribution < -0.4 is 0 Å². The van der Waals surface area contributed by atoms with Crippen LogP contribution in [0.25, 0.3) is 10.9 Å². The topological polar surface area (TPSA) is 98.1 Å². The van der Waals surface area contributed by atoms with E-state index in [1.807, 2.05) is 6.92 Å². The number of esters is 1. The van der Waals surface area contributed by atoms with Gasteiger partial charge in [0.1, 0.15) is 0 Å². The summed E-state index contributed by atoms with van der Waals surface area (Å²) >= 11 is 0. The quantitative estimate of drug-likeness (QED) is 0.809. The maximum absolute atomic E-state index is 13.1. The molecule has 1 amide bonds. The van der Waals surface area contributed by atoms with Crippen LogP contribution in [0.2, 0.25) is 0 Å². The summed E-state index contributed by atoms with van der Waals surface area (Å²) in [6.45, 7) is 1.94. The third kappa shape index (κ3) is 2.10. The lowest BCUT2D eigenvalue weighted by Gasteiger charge is -2.36. The summed E-state index contributed by atoms with van der Waals surface area (Å²) in [4.78, 5) is 44.0. The van der Waals surface area contributed by atoms with E-state index >= 15 is 0 Å². The van der Waals surface area contributed by atoms with Gasteiger partial charge in [0.05, 0.1) is 19.7 Å². The molecule has 1 aromatic heterocycles. The lowest BCUT2D eigenvalue weighted by molar-refractivity contribution is -0.271. The standard InChI is InChI=1S/C20H22N2O6/c1-4-19-10-9-14(23)21-13-8-6-5-7-12(13)16(17(19)21)20(26,18(25)27-2)22(28-3)15(24)11-19/h5-8,26H,4,9-11H2,1-3H3/t19-,20+/m1/s1. The Morgan fingerprint density at radius 2 is 1.93 bits per heavy atom. The van der Waals surface area contributed by atoms with E-state index in [0.717, 1.165) is 7.11 Å². The molecule has 2 aliphatic heterocycles. The molecule has 0 fully saturated rings. The van der Waals surface area contributed by atoms with Gasteiger partial charge in [-0.1, -0.05) is 25.1 Å². The van der Waals surface area contributed by atoms with E-state index in [9.17, 15) is 19.5 Å². The Morgan fingerprint density at radius 1 is 1.21 bits per heavy atom. The first kappa shape index (κ1) is 18.6. The van der Waals surface area contributed by atoms with Crippen LogP contribution >= 0.6 is 0 Å². The molecular weight excluding hydrogens is 364 g/mol. The van der Waals surface area contributed by atoms with Gasteiger partial charge in [-0.2, -0.15) is 5.06 Å². The van der Waals surface area contributed by atoms with Gasteiger partial charge in [-0.15, -0.1) is 0 Å². The zero-order chi connectivity index (χ0) is 20.3. The molecule has 1 N–H and O–H groups in total. The van der Waals surface area contributed by atoms with Gasteiger partial charge in [-0.05, 0) is 18.9 Å². The van der Waals surface area contributed by atoms with E-state index in [0.29, 0.717) is 34.5 Å². The van der Waals surface area contributed by atoms with Crippen molar-refractivity contribution in [3.8, 4) is 0 Å². The number of carbonyl (C=O) groups is 3. The molecule has 0 saturated carbocycles. The number of amides is 1. The van der Waals surface area contributed by atoms with E-state index in [4.69, 9.17) is 9.57 Å². The first-order chi connectivity index (χ1) is 13.4. The second-order valence-corrected chi connectivity index (χ2v) is 7.32. The van der Waals surface area contributed by atoms with Crippen molar-refractivity contribution in [2.75, 3.05) is 14.2 Å².